The third-order valence-electron chi connectivity index (χ3n) is 3.65. The summed E-state index contributed by atoms with van der Waals surface area (Å²) in [4.78, 5) is 37.7. The van der Waals surface area contributed by atoms with Gasteiger partial charge in [0.25, 0.3) is 11.8 Å². The molecule has 2 aromatic rings. The molecule has 0 bridgehead atoms. The Kier molecular flexibility index (Phi) is 4.68. The highest BCUT2D eigenvalue weighted by atomic mass is 35.5. The lowest BCUT2D eigenvalue weighted by atomic mass is 10.1. The normalized spacial score (nSPS) is 13.2. The molecule has 0 spiro atoms. The fourth-order valence-corrected chi connectivity index (χ4v) is 3.46. The van der Waals surface area contributed by atoms with Gasteiger partial charge in [0.2, 0.25) is 0 Å². The monoisotopic (exact) mass is 417 g/mol. The van der Waals surface area contributed by atoms with E-state index in [1.54, 1.807) is 0 Å². The van der Waals surface area contributed by atoms with E-state index >= 15 is 0 Å². The third kappa shape index (κ3) is 2.68. The number of imide groups is 1. The van der Waals surface area contributed by atoms with Crippen molar-refractivity contribution in [1.29, 1.82) is 0 Å². The first-order chi connectivity index (χ1) is 11.8. The zero-order valence-electron chi connectivity index (χ0n) is 12.4. The van der Waals surface area contributed by atoms with Crippen LogP contribution in [0.4, 0.5) is 5.69 Å². The molecular formula is C16H7Cl4NO4. The van der Waals surface area contributed by atoms with Gasteiger partial charge in [0.15, 0.2) is 0 Å². The summed E-state index contributed by atoms with van der Waals surface area (Å²) in [6.45, 7) is 0. The van der Waals surface area contributed by atoms with Crippen molar-refractivity contribution >= 4 is 69.9 Å². The molecule has 1 heterocycles. The lowest BCUT2D eigenvalue weighted by molar-refractivity contribution is 0.0600. The van der Waals surface area contributed by atoms with Gasteiger partial charge in [-0.15, -0.1) is 0 Å². The molecule has 0 unspecified atom stereocenters. The number of benzene rings is 2. The van der Waals surface area contributed by atoms with Gasteiger partial charge in [-0.1, -0.05) is 46.4 Å². The van der Waals surface area contributed by atoms with Gasteiger partial charge in [0.05, 0.1) is 49.6 Å². The lowest BCUT2D eigenvalue weighted by Gasteiger charge is -2.14. The number of nitrogens with zero attached hydrogens (tertiary/aromatic N) is 1. The van der Waals surface area contributed by atoms with E-state index in [2.05, 4.69) is 4.74 Å². The maximum absolute atomic E-state index is 12.7. The Morgan fingerprint density at radius 2 is 1.28 bits per heavy atom. The molecule has 0 N–H and O–H groups in total. The van der Waals surface area contributed by atoms with Crippen molar-refractivity contribution in [3.8, 4) is 0 Å². The van der Waals surface area contributed by atoms with E-state index in [1.807, 2.05) is 0 Å². The van der Waals surface area contributed by atoms with Crippen molar-refractivity contribution < 1.29 is 19.1 Å². The standard InChI is InChI=1S/C16H7Cl4NO4/c1-25-16(24)6-2-4-7(5-3-6)21-14(22)8-9(15(21)23)11(18)13(20)12(19)10(8)17/h2-5H,1H3. The van der Waals surface area contributed by atoms with E-state index in [1.165, 1.54) is 31.4 Å². The van der Waals surface area contributed by atoms with Crippen LogP contribution in [-0.2, 0) is 4.74 Å². The predicted octanol–water partition coefficient (Wildman–Crippen LogP) is 4.89. The summed E-state index contributed by atoms with van der Waals surface area (Å²) < 4.78 is 4.60. The van der Waals surface area contributed by atoms with Gasteiger partial charge in [-0.3, -0.25) is 9.59 Å². The highest BCUT2D eigenvalue weighted by Gasteiger charge is 2.42. The lowest BCUT2D eigenvalue weighted by Crippen LogP contribution is -2.29. The summed E-state index contributed by atoms with van der Waals surface area (Å²) in [5.41, 5.74) is 0.287. The van der Waals surface area contributed by atoms with Crippen LogP contribution in [0.1, 0.15) is 31.1 Å². The Morgan fingerprint density at radius 1 is 0.840 bits per heavy atom. The van der Waals surface area contributed by atoms with Gasteiger partial charge in [0.1, 0.15) is 0 Å². The van der Waals surface area contributed by atoms with Gasteiger partial charge in [-0.05, 0) is 24.3 Å². The van der Waals surface area contributed by atoms with E-state index in [-0.39, 0.29) is 42.5 Å². The molecule has 5 nitrogen and oxygen atoms in total. The smallest absolute Gasteiger partial charge is 0.337 e. The molecule has 9 heteroatoms. The largest absolute Gasteiger partial charge is 0.465 e. The Hall–Kier alpha value is -1.79. The summed E-state index contributed by atoms with van der Waals surface area (Å²) in [5, 5.41) is -0.483. The van der Waals surface area contributed by atoms with Crippen molar-refractivity contribution in [2.24, 2.45) is 0 Å². The van der Waals surface area contributed by atoms with Crippen LogP contribution in [0.5, 0.6) is 0 Å². The van der Waals surface area contributed by atoms with Gasteiger partial charge in [0, 0.05) is 0 Å². The molecule has 25 heavy (non-hydrogen) atoms. The number of amides is 2. The minimum absolute atomic E-state index is 0.101. The maximum atomic E-state index is 12.7. The first-order valence-corrected chi connectivity index (χ1v) is 8.23. The molecule has 2 aromatic carbocycles. The summed E-state index contributed by atoms with van der Waals surface area (Å²) in [7, 11) is 1.25. The molecule has 0 fully saturated rings. The van der Waals surface area contributed by atoms with E-state index < -0.39 is 17.8 Å². The molecule has 0 aromatic heterocycles. The molecular weight excluding hydrogens is 412 g/mol. The van der Waals surface area contributed by atoms with Crippen LogP contribution in [0.3, 0.4) is 0 Å². The summed E-state index contributed by atoms with van der Waals surface area (Å²) in [5.74, 6) is -1.91. The molecule has 1 aliphatic rings. The molecule has 1 aliphatic heterocycles. The number of carbonyl (C=O) groups excluding carboxylic acids is 3. The number of anilines is 1. The second-order valence-electron chi connectivity index (χ2n) is 4.99. The van der Waals surface area contributed by atoms with Crippen molar-refractivity contribution in [1.82, 2.24) is 0 Å². The van der Waals surface area contributed by atoms with Crippen molar-refractivity contribution in [2.75, 3.05) is 12.0 Å². The summed E-state index contributed by atoms with van der Waals surface area (Å²) in [6.07, 6.45) is 0. The molecule has 2 amide bonds. The van der Waals surface area contributed by atoms with Crippen LogP contribution in [0.15, 0.2) is 24.3 Å². The van der Waals surface area contributed by atoms with Crippen molar-refractivity contribution in [2.45, 2.75) is 0 Å². The first kappa shape index (κ1) is 18.0. The minimum Gasteiger partial charge on any atom is -0.465 e. The minimum atomic E-state index is -0.684. The summed E-state index contributed by atoms with van der Waals surface area (Å²) >= 11 is 24.1. The molecule has 3 rings (SSSR count). The predicted molar refractivity (Wildman–Crippen MR) is 95.4 cm³/mol. The van der Waals surface area contributed by atoms with Gasteiger partial charge < -0.3 is 4.74 Å². The zero-order valence-corrected chi connectivity index (χ0v) is 15.4. The molecule has 128 valence electrons. The SMILES string of the molecule is COC(=O)c1ccc(N2C(=O)c3c(Cl)c(Cl)c(Cl)c(Cl)c3C2=O)cc1. The van der Waals surface area contributed by atoms with E-state index in [0.717, 1.165) is 4.90 Å². The second-order valence-corrected chi connectivity index (χ2v) is 6.50. The number of hydrogen-bond acceptors (Lipinski definition) is 4. The highest BCUT2D eigenvalue weighted by molar-refractivity contribution is 6.56. The van der Waals surface area contributed by atoms with Crippen LogP contribution in [0.25, 0.3) is 0 Å². The third-order valence-corrected chi connectivity index (χ3v) is 5.45. The number of ether oxygens (including phenoxy) is 1. The van der Waals surface area contributed by atoms with E-state index in [0.29, 0.717) is 0 Å². The summed E-state index contributed by atoms with van der Waals surface area (Å²) in [6, 6.07) is 5.71. The average Bonchev–Trinajstić information content (AvgIpc) is 2.88. The van der Waals surface area contributed by atoms with E-state index in [9.17, 15) is 14.4 Å². The number of hydrogen-bond donors (Lipinski definition) is 0. The Bertz CT molecular complexity index is 893. The second kappa shape index (κ2) is 6.50. The van der Waals surface area contributed by atoms with Crippen LogP contribution in [0.2, 0.25) is 20.1 Å². The van der Waals surface area contributed by atoms with Gasteiger partial charge in [-0.2, -0.15) is 0 Å². The van der Waals surface area contributed by atoms with Gasteiger partial charge in [-0.25, -0.2) is 9.69 Å². The van der Waals surface area contributed by atoms with Crippen LogP contribution in [-0.4, -0.2) is 24.9 Å². The van der Waals surface area contributed by atoms with Crippen molar-refractivity contribution in [3.63, 3.8) is 0 Å². The first-order valence-electron chi connectivity index (χ1n) is 6.72. The van der Waals surface area contributed by atoms with Crippen LogP contribution < -0.4 is 4.90 Å². The number of carbonyl (C=O) groups is 3. The number of halogens is 4. The number of esters is 1. The Labute approximate surface area is 162 Å². The maximum Gasteiger partial charge on any atom is 0.337 e. The molecule has 0 saturated heterocycles. The Balaban J connectivity index is 2.11. The number of fused-ring (bicyclic) bond motifs is 1. The fraction of sp³-hybridized carbons (Fsp3) is 0.0625. The van der Waals surface area contributed by atoms with Gasteiger partial charge >= 0.3 is 5.97 Å². The highest BCUT2D eigenvalue weighted by Crippen LogP contribution is 2.45. The Morgan fingerprint density at radius 3 is 1.68 bits per heavy atom. The fourth-order valence-electron chi connectivity index (χ4n) is 2.45. The zero-order chi connectivity index (χ0) is 18.5. The quantitative estimate of drug-likeness (QED) is 0.301. The van der Waals surface area contributed by atoms with Crippen LogP contribution >= 0.6 is 46.4 Å². The van der Waals surface area contributed by atoms with Crippen molar-refractivity contribution in [3.05, 3.63) is 61.0 Å². The average molecular weight is 419 g/mol. The number of rotatable bonds is 2. The van der Waals surface area contributed by atoms with E-state index in [4.69, 9.17) is 46.4 Å². The number of methoxy groups -OCH3 is 1. The molecule has 0 atom stereocenters. The molecule has 0 saturated carbocycles. The topological polar surface area (TPSA) is 63.7 Å². The molecule has 0 radical (unpaired) electrons. The van der Waals surface area contributed by atoms with Crippen LogP contribution in [0, 0.1) is 0 Å². The molecule has 0 aliphatic carbocycles.